The van der Waals surface area contributed by atoms with E-state index in [0.29, 0.717) is 12.8 Å². The Morgan fingerprint density at radius 3 is 2.46 bits per heavy atom. The standard InChI is InChI=1S/C21H25NO5S/c1-17-10-6-8-14-20(17)22-21(23)15-9-7-13-19(26-2)16-28(24,25)27-18-11-4-3-5-12-18/h3-6,8-12,14-15,19H,7,13,16H2,1-2H3,(H,22,23). The second-order valence-electron chi connectivity index (χ2n) is 6.26. The van der Waals surface area contributed by atoms with Gasteiger partial charge in [0.05, 0.1) is 6.10 Å². The minimum atomic E-state index is -3.77. The maximum Gasteiger partial charge on any atom is 0.311 e. The first kappa shape index (κ1) is 21.7. The Morgan fingerprint density at radius 2 is 1.79 bits per heavy atom. The molecule has 2 rings (SSSR count). The molecule has 0 bridgehead atoms. The lowest BCUT2D eigenvalue weighted by atomic mass is 10.2. The van der Waals surface area contributed by atoms with Gasteiger partial charge in [0, 0.05) is 12.8 Å². The van der Waals surface area contributed by atoms with Crippen LogP contribution in [0.25, 0.3) is 0 Å². The largest absolute Gasteiger partial charge is 0.382 e. The molecule has 150 valence electrons. The number of allylic oxidation sites excluding steroid dienone is 1. The molecule has 2 aromatic rings. The Morgan fingerprint density at radius 1 is 1.11 bits per heavy atom. The zero-order chi connectivity index (χ0) is 20.4. The Labute approximate surface area is 166 Å². The van der Waals surface area contributed by atoms with Gasteiger partial charge in [-0.1, -0.05) is 42.5 Å². The SMILES string of the molecule is COC(CCC=CC(=O)Nc1ccccc1C)CS(=O)(=O)Oc1ccccc1. The summed E-state index contributed by atoms with van der Waals surface area (Å²) in [6.45, 7) is 1.92. The normalized spacial score (nSPS) is 12.6. The molecule has 0 aliphatic rings. The van der Waals surface area contributed by atoms with Crippen LogP contribution < -0.4 is 9.50 Å². The molecule has 0 saturated heterocycles. The molecule has 7 heteroatoms. The summed E-state index contributed by atoms with van der Waals surface area (Å²) in [5.74, 6) is -0.227. The fraction of sp³-hybridized carbons (Fsp3) is 0.286. The second kappa shape index (κ2) is 10.6. The van der Waals surface area contributed by atoms with Gasteiger partial charge in [0.25, 0.3) is 0 Å². The number of benzene rings is 2. The van der Waals surface area contributed by atoms with Gasteiger partial charge in [0.1, 0.15) is 11.5 Å². The molecular formula is C21H25NO5S. The van der Waals surface area contributed by atoms with Crippen LogP contribution in [0.3, 0.4) is 0 Å². The van der Waals surface area contributed by atoms with E-state index in [4.69, 9.17) is 8.92 Å². The first-order valence-electron chi connectivity index (χ1n) is 8.93. The Hall–Kier alpha value is -2.64. The van der Waals surface area contributed by atoms with Crippen LogP contribution in [0.15, 0.2) is 66.7 Å². The Bertz CT molecular complexity index is 894. The van der Waals surface area contributed by atoms with Gasteiger partial charge in [-0.25, -0.2) is 0 Å². The van der Waals surface area contributed by atoms with Crippen molar-refractivity contribution in [1.82, 2.24) is 0 Å². The number of anilines is 1. The van der Waals surface area contributed by atoms with E-state index in [1.807, 2.05) is 31.2 Å². The fourth-order valence-electron chi connectivity index (χ4n) is 2.51. The number of nitrogens with one attached hydrogen (secondary N) is 1. The van der Waals surface area contributed by atoms with Crippen molar-refractivity contribution in [2.75, 3.05) is 18.2 Å². The van der Waals surface area contributed by atoms with Crippen molar-refractivity contribution in [3.8, 4) is 5.75 Å². The number of aryl methyl sites for hydroxylation is 1. The molecule has 1 N–H and O–H groups in total. The Balaban J connectivity index is 1.80. The third-order valence-corrected chi connectivity index (χ3v) is 5.24. The minimum Gasteiger partial charge on any atom is -0.382 e. The van der Waals surface area contributed by atoms with Crippen LogP contribution in [0.4, 0.5) is 5.69 Å². The molecule has 0 radical (unpaired) electrons. The zero-order valence-corrected chi connectivity index (χ0v) is 16.8. The summed E-state index contributed by atoms with van der Waals surface area (Å²) < 4.78 is 34.6. The van der Waals surface area contributed by atoms with Gasteiger partial charge in [0.15, 0.2) is 0 Å². The monoisotopic (exact) mass is 403 g/mol. The highest BCUT2D eigenvalue weighted by molar-refractivity contribution is 7.87. The van der Waals surface area contributed by atoms with Gasteiger partial charge in [0.2, 0.25) is 5.91 Å². The first-order valence-corrected chi connectivity index (χ1v) is 10.5. The number of amides is 1. The van der Waals surface area contributed by atoms with E-state index in [1.165, 1.54) is 13.2 Å². The smallest absolute Gasteiger partial charge is 0.311 e. The summed E-state index contributed by atoms with van der Waals surface area (Å²) in [5, 5.41) is 2.80. The molecule has 1 amide bonds. The topological polar surface area (TPSA) is 81.7 Å². The van der Waals surface area contributed by atoms with E-state index in [9.17, 15) is 13.2 Å². The first-order chi connectivity index (χ1) is 13.4. The highest BCUT2D eigenvalue weighted by Gasteiger charge is 2.20. The Kier molecular flexibility index (Phi) is 8.22. The van der Waals surface area contributed by atoms with Gasteiger partial charge in [-0.05, 0) is 49.6 Å². The van der Waals surface area contributed by atoms with E-state index in [1.54, 1.807) is 36.4 Å². The van der Waals surface area contributed by atoms with E-state index in [0.717, 1.165) is 11.3 Å². The van der Waals surface area contributed by atoms with Crippen molar-refractivity contribution in [2.24, 2.45) is 0 Å². The molecular weight excluding hydrogens is 378 g/mol. The van der Waals surface area contributed by atoms with E-state index < -0.39 is 16.2 Å². The number of hydrogen-bond donors (Lipinski definition) is 1. The van der Waals surface area contributed by atoms with Crippen LogP contribution in [0.1, 0.15) is 18.4 Å². The van der Waals surface area contributed by atoms with Crippen LogP contribution in [0.2, 0.25) is 0 Å². The summed E-state index contributed by atoms with van der Waals surface area (Å²) >= 11 is 0. The highest BCUT2D eigenvalue weighted by Crippen LogP contribution is 2.15. The number of methoxy groups -OCH3 is 1. The average molecular weight is 404 g/mol. The third-order valence-electron chi connectivity index (χ3n) is 4.02. The highest BCUT2D eigenvalue weighted by atomic mass is 32.2. The molecule has 0 aromatic heterocycles. The van der Waals surface area contributed by atoms with Gasteiger partial charge >= 0.3 is 10.1 Å². The van der Waals surface area contributed by atoms with Crippen LogP contribution in [-0.4, -0.2) is 33.3 Å². The molecule has 1 atom stereocenters. The number of para-hydroxylation sites is 2. The summed E-state index contributed by atoms with van der Waals surface area (Å²) in [7, 11) is -2.32. The molecule has 6 nitrogen and oxygen atoms in total. The van der Waals surface area contributed by atoms with Crippen LogP contribution in [0, 0.1) is 6.92 Å². The van der Waals surface area contributed by atoms with Gasteiger partial charge in [-0.2, -0.15) is 8.42 Å². The van der Waals surface area contributed by atoms with Crippen molar-refractivity contribution in [1.29, 1.82) is 0 Å². The van der Waals surface area contributed by atoms with Gasteiger partial charge in [-0.3, -0.25) is 4.79 Å². The lowest BCUT2D eigenvalue weighted by molar-refractivity contribution is -0.111. The lowest BCUT2D eigenvalue weighted by Crippen LogP contribution is -2.26. The zero-order valence-electron chi connectivity index (χ0n) is 16.0. The van der Waals surface area contributed by atoms with Crippen molar-refractivity contribution < 1.29 is 22.1 Å². The number of hydrogen-bond acceptors (Lipinski definition) is 5. The maximum absolute atomic E-state index is 12.2. The van der Waals surface area contributed by atoms with Gasteiger partial charge in [-0.15, -0.1) is 0 Å². The van der Waals surface area contributed by atoms with Crippen molar-refractivity contribution >= 4 is 21.7 Å². The predicted molar refractivity (Wildman–Crippen MR) is 110 cm³/mol. The van der Waals surface area contributed by atoms with E-state index in [2.05, 4.69) is 5.32 Å². The van der Waals surface area contributed by atoms with Crippen molar-refractivity contribution in [3.63, 3.8) is 0 Å². The maximum atomic E-state index is 12.2. The molecule has 0 heterocycles. The molecule has 0 aliphatic heterocycles. The summed E-state index contributed by atoms with van der Waals surface area (Å²) in [5.41, 5.74) is 1.74. The average Bonchev–Trinajstić information content (AvgIpc) is 2.66. The fourth-order valence-corrected chi connectivity index (χ4v) is 3.74. The number of carbonyl (C=O) groups is 1. The van der Waals surface area contributed by atoms with Gasteiger partial charge < -0.3 is 14.2 Å². The molecule has 0 aliphatic carbocycles. The third kappa shape index (κ3) is 7.54. The van der Waals surface area contributed by atoms with Crippen LogP contribution in [-0.2, 0) is 19.6 Å². The molecule has 0 fully saturated rings. The number of rotatable bonds is 10. The van der Waals surface area contributed by atoms with Crippen molar-refractivity contribution in [3.05, 3.63) is 72.3 Å². The summed E-state index contributed by atoms with van der Waals surface area (Å²) in [6.07, 6.45) is 3.55. The molecule has 2 aromatic carbocycles. The number of carbonyl (C=O) groups excluding carboxylic acids is 1. The predicted octanol–water partition coefficient (Wildman–Crippen LogP) is 3.69. The minimum absolute atomic E-state index is 0.233. The molecule has 0 spiro atoms. The summed E-state index contributed by atoms with van der Waals surface area (Å²) in [6, 6.07) is 15.8. The molecule has 28 heavy (non-hydrogen) atoms. The molecule has 0 saturated carbocycles. The quantitative estimate of drug-likeness (QED) is 0.483. The summed E-state index contributed by atoms with van der Waals surface area (Å²) in [4.78, 5) is 12.0. The molecule has 1 unspecified atom stereocenters. The van der Waals surface area contributed by atoms with E-state index in [-0.39, 0.29) is 17.4 Å². The van der Waals surface area contributed by atoms with Crippen LogP contribution >= 0.6 is 0 Å². The van der Waals surface area contributed by atoms with Crippen molar-refractivity contribution in [2.45, 2.75) is 25.9 Å². The lowest BCUT2D eigenvalue weighted by Gasteiger charge is -2.15. The van der Waals surface area contributed by atoms with E-state index >= 15 is 0 Å². The van der Waals surface area contributed by atoms with Crippen LogP contribution in [0.5, 0.6) is 5.75 Å². The number of ether oxygens (including phenoxy) is 1. The second-order valence-corrected chi connectivity index (χ2v) is 7.88.